The van der Waals surface area contributed by atoms with Crippen molar-refractivity contribution >= 4 is 11.0 Å². The number of nitrogens with one attached hydrogen (secondary N) is 2. The summed E-state index contributed by atoms with van der Waals surface area (Å²) >= 11 is 0. The van der Waals surface area contributed by atoms with E-state index in [4.69, 9.17) is 0 Å². The van der Waals surface area contributed by atoms with E-state index in [-0.39, 0.29) is 0 Å². The maximum atomic E-state index is 4.39. The quantitative estimate of drug-likeness (QED) is 0.723. The first kappa shape index (κ1) is 11.7. The number of imidazole rings is 1. The van der Waals surface area contributed by atoms with Crippen LogP contribution in [0.5, 0.6) is 0 Å². The summed E-state index contributed by atoms with van der Waals surface area (Å²) in [4.78, 5) is 4.39. The van der Waals surface area contributed by atoms with Crippen molar-refractivity contribution in [1.29, 1.82) is 0 Å². The second-order valence-corrected chi connectivity index (χ2v) is 4.91. The van der Waals surface area contributed by atoms with Crippen molar-refractivity contribution in [2.45, 2.75) is 25.4 Å². The monoisotopic (exact) mass is 244 g/mol. The molecule has 0 radical (unpaired) electrons. The third kappa shape index (κ3) is 2.89. The molecule has 96 valence electrons. The number of hydrogen-bond donors (Lipinski definition) is 2. The first-order chi connectivity index (χ1) is 8.93. The van der Waals surface area contributed by atoms with Gasteiger partial charge in [0.1, 0.15) is 0 Å². The smallest absolute Gasteiger partial charge is 0.0958 e. The average molecular weight is 244 g/mol. The molecular weight excluding hydrogens is 224 g/mol. The number of hydrogen-bond acceptors (Lipinski definition) is 3. The van der Waals surface area contributed by atoms with E-state index in [0.717, 1.165) is 37.7 Å². The van der Waals surface area contributed by atoms with E-state index in [2.05, 4.69) is 38.4 Å². The Balaban J connectivity index is 1.41. The fraction of sp³-hybridized carbons (Fsp3) is 0.500. The molecule has 18 heavy (non-hydrogen) atoms. The normalized spacial score (nSPS) is 15.3. The summed E-state index contributed by atoms with van der Waals surface area (Å²) in [6, 6.07) is 9.08. The van der Waals surface area contributed by atoms with Crippen molar-refractivity contribution < 1.29 is 0 Å². The van der Waals surface area contributed by atoms with Gasteiger partial charge >= 0.3 is 0 Å². The highest BCUT2D eigenvalue weighted by Gasteiger charge is 2.19. The number of aromatic nitrogens is 2. The largest absolute Gasteiger partial charge is 0.329 e. The Morgan fingerprint density at radius 2 is 2.06 bits per heavy atom. The molecule has 1 fully saturated rings. The molecule has 0 saturated heterocycles. The molecule has 0 atom stereocenters. The fourth-order valence-corrected chi connectivity index (χ4v) is 2.17. The number of para-hydroxylation sites is 2. The molecule has 0 amide bonds. The lowest BCUT2D eigenvalue weighted by atomic mass is 10.3. The van der Waals surface area contributed by atoms with Crippen molar-refractivity contribution in [2.75, 3.05) is 19.6 Å². The van der Waals surface area contributed by atoms with Gasteiger partial charge in [0.05, 0.1) is 17.4 Å². The molecule has 1 aromatic heterocycles. The van der Waals surface area contributed by atoms with Crippen LogP contribution in [0.4, 0.5) is 0 Å². The maximum absolute atomic E-state index is 4.39. The Morgan fingerprint density at radius 3 is 2.94 bits per heavy atom. The summed E-state index contributed by atoms with van der Waals surface area (Å²) in [5.74, 6) is 0. The van der Waals surface area contributed by atoms with Gasteiger partial charge in [-0.2, -0.15) is 0 Å². The Hall–Kier alpha value is -1.39. The van der Waals surface area contributed by atoms with Gasteiger partial charge in [-0.25, -0.2) is 4.98 Å². The predicted molar refractivity (Wildman–Crippen MR) is 73.6 cm³/mol. The lowest BCUT2D eigenvalue weighted by Crippen LogP contribution is -2.30. The molecule has 1 saturated carbocycles. The first-order valence-electron chi connectivity index (χ1n) is 6.77. The van der Waals surface area contributed by atoms with E-state index < -0.39 is 0 Å². The van der Waals surface area contributed by atoms with Gasteiger partial charge in [-0.1, -0.05) is 12.1 Å². The Morgan fingerprint density at radius 1 is 1.17 bits per heavy atom. The van der Waals surface area contributed by atoms with Crippen LogP contribution in [0.15, 0.2) is 30.6 Å². The van der Waals surface area contributed by atoms with Crippen LogP contribution in [-0.4, -0.2) is 35.2 Å². The zero-order valence-electron chi connectivity index (χ0n) is 10.6. The van der Waals surface area contributed by atoms with Gasteiger partial charge < -0.3 is 15.2 Å². The van der Waals surface area contributed by atoms with E-state index in [1.807, 2.05) is 12.4 Å². The molecule has 1 aromatic carbocycles. The van der Waals surface area contributed by atoms with Crippen LogP contribution in [-0.2, 0) is 6.54 Å². The van der Waals surface area contributed by atoms with Gasteiger partial charge in [-0.15, -0.1) is 0 Å². The molecule has 0 aliphatic heterocycles. The lowest BCUT2D eigenvalue weighted by Gasteiger charge is -2.07. The summed E-state index contributed by atoms with van der Waals surface area (Å²) in [5, 5.41) is 6.96. The first-order valence-corrected chi connectivity index (χ1v) is 6.77. The predicted octanol–water partition coefficient (Wildman–Crippen LogP) is 1.38. The van der Waals surface area contributed by atoms with Crippen LogP contribution < -0.4 is 10.6 Å². The Labute approximate surface area is 107 Å². The molecule has 2 aromatic rings. The summed E-state index contributed by atoms with van der Waals surface area (Å²) in [6.07, 6.45) is 4.65. The van der Waals surface area contributed by atoms with Crippen molar-refractivity contribution in [3.8, 4) is 0 Å². The zero-order valence-corrected chi connectivity index (χ0v) is 10.6. The molecule has 0 bridgehead atoms. The maximum Gasteiger partial charge on any atom is 0.0958 e. The molecule has 1 aliphatic rings. The van der Waals surface area contributed by atoms with Gasteiger partial charge in [-0.05, 0) is 25.0 Å². The number of benzene rings is 1. The summed E-state index contributed by atoms with van der Waals surface area (Å²) in [7, 11) is 0. The van der Waals surface area contributed by atoms with Crippen LogP contribution >= 0.6 is 0 Å². The summed E-state index contributed by atoms with van der Waals surface area (Å²) < 4.78 is 2.21. The molecule has 3 rings (SSSR count). The van der Waals surface area contributed by atoms with Gasteiger partial charge in [0.25, 0.3) is 0 Å². The minimum Gasteiger partial charge on any atom is -0.329 e. The molecule has 0 spiro atoms. The Bertz CT molecular complexity index is 501. The summed E-state index contributed by atoms with van der Waals surface area (Å²) in [5.41, 5.74) is 2.29. The number of rotatable bonds is 7. The fourth-order valence-electron chi connectivity index (χ4n) is 2.17. The minimum absolute atomic E-state index is 0.810. The van der Waals surface area contributed by atoms with Gasteiger partial charge in [-0.3, -0.25) is 0 Å². The third-order valence-corrected chi connectivity index (χ3v) is 3.37. The van der Waals surface area contributed by atoms with Crippen LogP contribution in [0, 0.1) is 0 Å². The zero-order chi connectivity index (χ0) is 12.2. The van der Waals surface area contributed by atoms with Crippen molar-refractivity contribution in [3.63, 3.8) is 0 Å². The standard InChI is InChI=1S/C14H20N4/c1-2-4-14-13(3-1)17-11-18(14)10-9-15-7-8-16-12-5-6-12/h1-4,11-12,15-16H,5-10H2. The minimum atomic E-state index is 0.810. The van der Waals surface area contributed by atoms with Gasteiger partial charge in [0.15, 0.2) is 0 Å². The van der Waals surface area contributed by atoms with Crippen molar-refractivity contribution in [2.24, 2.45) is 0 Å². The highest BCUT2D eigenvalue weighted by molar-refractivity contribution is 5.74. The van der Waals surface area contributed by atoms with Crippen LogP contribution in [0.1, 0.15) is 12.8 Å². The topological polar surface area (TPSA) is 41.9 Å². The van der Waals surface area contributed by atoms with Gasteiger partial charge in [0.2, 0.25) is 0 Å². The molecule has 4 nitrogen and oxygen atoms in total. The average Bonchev–Trinajstić information content (AvgIpc) is 3.14. The molecule has 1 heterocycles. The highest BCUT2D eigenvalue weighted by Crippen LogP contribution is 2.17. The molecule has 1 aliphatic carbocycles. The molecule has 4 heteroatoms. The number of nitrogens with zero attached hydrogens (tertiary/aromatic N) is 2. The number of fused-ring (bicyclic) bond motifs is 1. The molecular formula is C14H20N4. The van der Waals surface area contributed by atoms with E-state index in [1.165, 1.54) is 18.4 Å². The van der Waals surface area contributed by atoms with Crippen molar-refractivity contribution in [3.05, 3.63) is 30.6 Å². The van der Waals surface area contributed by atoms with E-state index in [0.29, 0.717) is 0 Å². The second kappa shape index (κ2) is 5.50. The highest BCUT2D eigenvalue weighted by atomic mass is 15.1. The molecule has 2 N–H and O–H groups in total. The second-order valence-electron chi connectivity index (χ2n) is 4.91. The molecule has 0 unspecified atom stereocenters. The Kier molecular flexibility index (Phi) is 3.57. The van der Waals surface area contributed by atoms with E-state index in [9.17, 15) is 0 Å². The SMILES string of the molecule is c1ccc2c(c1)ncn2CCNCCNC1CC1. The van der Waals surface area contributed by atoms with E-state index in [1.54, 1.807) is 0 Å². The van der Waals surface area contributed by atoms with Gasteiger partial charge in [0, 0.05) is 32.2 Å². The van der Waals surface area contributed by atoms with Crippen molar-refractivity contribution in [1.82, 2.24) is 20.2 Å². The third-order valence-electron chi connectivity index (χ3n) is 3.37. The van der Waals surface area contributed by atoms with Crippen LogP contribution in [0.3, 0.4) is 0 Å². The van der Waals surface area contributed by atoms with Crippen LogP contribution in [0.2, 0.25) is 0 Å². The lowest BCUT2D eigenvalue weighted by molar-refractivity contribution is 0.573. The van der Waals surface area contributed by atoms with E-state index >= 15 is 0 Å². The van der Waals surface area contributed by atoms with Crippen LogP contribution in [0.25, 0.3) is 11.0 Å². The summed E-state index contributed by atoms with van der Waals surface area (Å²) in [6.45, 7) is 4.09.